The second-order valence-corrected chi connectivity index (χ2v) is 10.2. The Labute approximate surface area is 195 Å². The van der Waals surface area contributed by atoms with Gasteiger partial charge in [0.15, 0.2) is 0 Å². The highest BCUT2D eigenvalue weighted by Gasteiger charge is 2.29. The first-order valence-electron chi connectivity index (χ1n) is 9.58. The van der Waals surface area contributed by atoms with E-state index in [0.717, 1.165) is 9.81 Å². The summed E-state index contributed by atoms with van der Waals surface area (Å²) >= 11 is 4.70. The van der Waals surface area contributed by atoms with Crippen molar-refractivity contribution in [2.24, 2.45) is 0 Å². The van der Waals surface area contributed by atoms with E-state index in [1.54, 1.807) is 11.8 Å². The molecule has 2 aliphatic rings. The van der Waals surface area contributed by atoms with Gasteiger partial charge in [0, 0.05) is 9.81 Å². The summed E-state index contributed by atoms with van der Waals surface area (Å²) in [7, 11) is 2.94. The second-order valence-electron chi connectivity index (χ2n) is 6.87. The number of hydrogen-bond donors (Lipinski definition) is 0. The first-order chi connectivity index (χ1) is 15.1. The highest BCUT2D eigenvalue weighted by atomic mass is 32.2. The van der Waals surface area contributed by atoms with Crippen LogP contribution < -0.4 is 0 Å². The zero-order chi connectivity index (χ0) is 21.8. The van der Waals surface area contributed by atoms with Gasteiger partial charge in [0.05, 0.1) is 18.5 Å². The van der Waals surface area contributed by atoms with Crippen molar-refractivity contribution >= 4 is 45.1 Å². The molecular formula is C24H22O4S3. The van der Waals surface area contributed by atoms with Gasteiger partial charge in [-0.15, -0.1) is 0 Å². The normalized spacial score (nSPS) is 16.4. The van der Waals surface area contributed by atoms with E-state index in [1.165, 1.54) is 69.8 Å². The van der Waals surface area contributed by atoms with Crippen molar-refractivity contribution in [3.8, 4) is 0 Å². The lowest BCUT2D eigenvalue weighted by molar-refractivity contribution is -0.251. The molecule has 160 valence electrons. The molecule has 0 aliphatic carbocycles. The molecule has 0 unspecified atom stereocenters. The Bertz CT molecular complexity index is 997. The van der Waals surface area contributed by atoms with Gasteiger partial charge in [-0.05, 0) is 66.2 Å². The average Bonchev–Trinajstić information content (AvgIpc) is 3.18. The quantitative estimate of drug-likeness (QED) is 0.321. The minimum Gasteiger partial charge on any atom is -0.325 e. The van der Waals surface area contributed by atoms with Crippen LogP contribution in [0.25, 0.3) is 9.81 Å². The first kappa shape index (κ1) is 22.2. The van der Waals surface area contributed by atoms with E-state index < -0.39 is 0 Å². The van der Waals surface area contributed by atoms with Crippen molar-refractivity contribution in [1.29, 1.82) is 0 Å². The highest BCUT2D eigenvalue weighted by Crippen LogP contribution is 2.54. The van der Waals surface area contributed by atoms with Crippen LogP contribution >= 0.6 is 35.3 Å². The standard InChI is InChI=1S/C24H22O4S3/c1-15-5-9-17(10-6-15)20-13-19(14-21(29-20)18-11-7-16(2)8-12-18)24-30-22(27-25-3)23(31-24)28-26-4/h5-14H,1-4H3. The van der Waals surface area contributed by atoms with Gasteiger partial charge >= 0.3 is 0 Å². The van der Waals surface area contributed by atoms with Crippen LogP contribution in [0.15, 0.2) is 80.7 Å². The van der Waals surface area contributed by atoms with Gasteiger partial charge < -0.3 is 9.78 Å². The van der Waals surface area contributed by atoms with Gasteiger partial charge in [-0.3, -0.25) is 0 Å². The Hall–Kier alpha value is -2.03. The molecule has 2 aliphatic heterocycles. The lowest BCUT2D eigenvalue weighted by atomic mass is 10.1. The van der Waals surface area contributed by atoms with E-state index >= 15 is 0 Å². The Kier molecular flexibility index (Phi) is 7.20. The van der Waals surface area contributed by atoms with Crippen molar-refractivity contribution in [3.63, 3.8) is 0 Å². The molecule has 0 spiro atoms. The molecule has 0 radical (unpaired) electrons. The van der Waals surface area contributed by atoms with Crippen molar-refractivity contribution in [3.05, 3.63) is 103 Å². The van der Waals surface area contributed by atoms with Crippen molar-refractivity contribution < 1.29 is 19.6 Å². The molecule has 4 rings (SSSR count). The van der Waals surface area contributed by atoms with Crippen LogP contribution in [0.1, 0.15) is 22.3 Å². The SMILES string of the molecule is COOC1=C(OOC)SC(=C2C=C(c3ccc(C)cc3)SC(c3ccc(C)cc3)=C2)S1. The maximum atomic E-state index is 5.27. The highest BCUT2D eigenvalue weighted by molar-refractivity contribution is 8.28. The van der Waals surface area contributed by atoms with Crippen molar-refractivity contribution in [2.45, 2.75) is 13.8 Å². The molecule has 0 aromatic heterocycles. The topological polar surface area (TPSA) is 36.9 Å². The lowest BCUT2D eigenvalue weighted by Crippen LogP contribution is -1.93. The van der Waals surface area contributed by atoms with Crippen molar-refractivity contribution in [2.75, 3.05) is 14.2 Å². The van der Waals surface area contributed by atoms with Gasteiger partial charge in [0.25, 0.3) is 10.2 Å². The molecule has 2 aromatic rings. The number of benzene rings is 2. The molecule has 7 heteroatoms. The summed E-state index contributed by atoms with van der Waals surface area (Å²) in [6.07, 6.45) is 4.42. The van der Waals surface area contributed by atoms with Crippen molar-refractivity contribution in [1.82, 2.24) is 0 Å². The maximum Gasteiger partial charge on any atom is 0.257 e. The van der Waals surface area contributed by atoms with E-state index in [-0.39, 0.29) is 0 Å². The molecule has 0 fully saturated rings. The largest absolute Gasteiger partial charge is 0.325 e. The minimum absolute atomic E-state index is 0.519. The van der Waals surface area contributed by atoms with Gasteiger partial charge in [-0.25, -0.2) is 0 Å². The Morgan fingerprint density at radius 3 is 1.39 bits per heavy atom. The average molecular weight is 471 g/mol. The van der Waals surface area contributed by atoms with Gasteiger partial charge in [0.1, 0.15) is 0 Å². The number of thioether (sulfide) groups is 3. The smallest absolute Gasteiger partial charge is 0.257 e. The predicted molar refractivity (Wildman–Crippen MR) is 131 cm³/mol. The summed E-state index contributed by atoms with van der Waals surface area (Å²) in [5.74, 6) is 0. The summed E-state index contributed by atoms with van der Waals surface area (Å²) < 4.78 is 1.04. The lowest BCUT2D eigenvalue weighted by Gasteiger charge is -2.18. The van der Waals surface area contributed by atoms with E-state index in [0.29, 0.717) is 10.2 Å². The minimum atomic E-state index is 0.519. The molecule has 2 aromatic carbocycles. The zero-order valence-electron chi connectivity index (χ0n) is 17.6. The van der Waals surface area contributed by atoms with E-state index in [9.17, 15) is 0 Å². The summed E-state index contributed by atoms with van der Waals surface area (Å²) in [6, 6.07) is 17.2. The molecule has 0 amide bonds. The molecule has 2 heterocycles. The molecule has 0 saturated heterocycles. The predicted octanol–water partition coefficient (Wildman–Crippen LogP) is 7.41. The fraction of sp³-hybridized carbons (Fsp3) is 0.167. The summed E-state index contributed by atoms with van der Waals surface area (Å²) in [4.78, 5) is 22.6. The third-order valence-corrected chi connectivity index (χ3v) is 8.05. The molecule has 0 atom stereocenters. The van der Waals surface area contributed by atoms with Crippen LogP contribution in [-0.4, -0.2) is 14.2 Å². The van der Waals surface area contributed by atoms with Gasteiger partial charge in [-0.1, -0.05) is 71.4 Å². The van der Waals surface area contributed by atoms with Crippen LogP contribution in [0.5, 0.6) is 0 Å². The molecule has 0 N–H and O–H groups in total. The number of hydrogen-bond acceptors (Lipinski definition) is 7. The molecular weight excluding hydrogens is 448 g/mol. The Balaban J connectivity index is 1.75. The second kappa shape index (κ2) is 10.1. The van der Waals surface area contributed by atoms with Gasteiger partial charge in [-0.2, -0.15) is 9.78 Å². The number of aryl methyl sites for hydroxylation is 2. The molecule has 4 nitrogen and oxygen atoms in total. The number of allylic oxidation sites excluding steroid dienone is 3. The van der Waals surface area contributed by atoms with Gasteiger partial charge in [0.2, 0.25) is 0 Å². The summed E-state index contributed by atoms with van der Waals surface area (Å²) in [5, 5.41) is 1.04. The van der Waals surface area contributed by atoms with Crippen LogP contribution in [0, 0.1) is 13.8 Å². The molecule has 0 saturated carbocycles. The van der Waals surface area contributed by atoms with E-state index in [2.05, 4.69) is 74.5 Å². The summed E-state index contributed by atoms with van der Waals surface area (Å²) in [5.41, 5.74) is 5.95. The Morgan fingerprint density at radius 1 is 0.581 bits per heavy atom. The molecule has 31 heavy (non-hydrogen) atoms. The fourth-order valence-corrected chi connectivity index (χ4v) is 6.22. The van der Waals surface area contributed by atoms with E-state index in [4.69, 9.17) is 19.6 Å². The van der Waals surface area contributed by atoms with Crippen LogP contribution in [-0.2, 0) is 19.6 Å². The van der Waals surface area contributed by atoms with Crippen LogP contribution in [0.3, 0.4) is 0 Å². The van der Waals surface area contributed by atoms with Crippen LogP contribution in [0.4, 0.5) is 0 Å². The van der Waals surface area contributed by atoms with Crippen LogP contribution in [0.2, 0.25) is 0 Å². The molecule has 0 bridgehead atoms. The summed E-state index contributed by atoms with van der Waals surface area (Å²) in [6.45, 7) is 4.20. The third kappa shape index (κ3) is 5.25. The fourth-order valence-electron chi connectivity index (χ4n) is 2.98. The monoisotopic (exact) mass is 470 g/mol. The Morgan fingerprint density at radius 2 is 1.00 bits per heavy atom. The third-order valence-electron chi connectivity index (χ3n) is 4.56. The van der Waals surface area contributed by atoms with E-state index in [1.807, 2.05) is 0 Å². The number of rotatable bonds is 6. The zero-order valence-corrected chi connectivity index (χ0v) is 20.1. The maximum absolute atomic E-state index is 5.27. The first-order valence-corrected chi connectivity index (χ1v) is 12.0.